The summed E-state index contributed by atoms with van der Waals surface area (Å²) in [4.78, 5) is 22.1. The molecule has 0 spiro atoms. The van der Waals surface area contributed by atoms with Gasteiger partial charge in [0.25, 0.3) is 0 Å². The van der Waals surface area contributed by atoms with Crippen molar-refractivity contribution in [2.45, 2.75) is 19.5 Å². The summed E-state index contributed by atoms with van der Waals surface area (Å²) in [6.07, 6.45) is 0. The highest BCUT2D eigenvalue weighted by atomic mass is 79.9. The number of hydrogen-bond acceptors (Lipinski definition) is 3. The molecule has 0 saturated carbocycles. The van der Waals surface area contributed by atoms with Crippen LogP contribution in [0.4, 0.5) is 4.79 Å². The summed E-state index contributed by atoms with van der Waals surface area (Å²) in [6.45, 7) is 1.63. The Labute approximate surface area is 119 Å². The zero-order chi connectivity index (χ0) is 14.4. The molecule has 1 atom stereocenters. The van der Waals surface area contributed by atoms with Crippen LogP contribution in [0.25, 0.3) is 0 Å². The standard InChI is InChI=1S/C12H15BrN2O4/c1-7(11(16)17)15-12(18)14-6-8-5-9(13)3-4-10(8)19-2/h3-5,7H,6H2,1-2H3,(H,16,17)(H2,14,15,18). The van der Waals surface area contributed by atoms with Gasteiger partial charge in [-0.2, -0.15) is 0 Å². The van der Waals surface area contributed by atoms with E-state index in [2.05, 4.69) is 26.6 Å². The number of amides is 2. The Bertz CT molecular complexity index is 479. The lowest BCUT2D eigenvalue weighted by atomic mass is 10.2. The molecule has 3 N–H and O–H groups in total. The first-order valence-corrected chi connectivity index (χ1v) is 6.33. The molecular weight excluding hydrogens is 316 g/mol. The van der Waals surface area contributed by atoms with E-state index in [0.29, 0.717) is 5.75 Å². The molecule has 1 rings (SSSR count). The average Bonchev–Trinajstić information content (AvgIpc) is 2.36. The lowest BCUT2D eigenvalue weighted by Crippen LogP contribution is -2.44. The molecule has 0 heterocycles. The molecule has 0 radical (unpaired) electrons. The molecule has 19 heavy (non-hydrogen) atoms. The van der Waals surface area contributed by atoms with E-state index in [4.69, 9.17) is 9.84 Å². The number of rotatable bonds is 5. The molecule has 0 aliphatic carbocycles. The third-order valence-electron chi connectivity index (χ3n) is 2.40. The van der Waals surface area contributed by atoms with Gasteiger partial charge in [0.15, 0.2) is 0 Å². The first kappa shape index (κ1) is 15.3. The zero-order valence-electron chi connectivity index (χ0n) is 10.6. The van der Waals surface area contributed by atoms with Crippen molar-refractivity contribution in [1.82, 2.24) is 10.6 Å². The van der Waals surface area contributed by atoms with Gasteiger partial charge >= 0.3 is 12.0 Å². The molecule has 104 valence electrons. The quantitative estimate of drug-likeness (QED) is 0.767. The van der Waals surface area contributed by atoms with E-state index >= 15 is 0 Å². The van der Waals surface area contributed by atoms with Crippen LogP contribution < -0.4 is 15.4 Å². The number of halogens is 1. The molecule has 1 aromatic rings. The van der Waals surface area contributed by atoms with Crippen molar-refractivity contribution in [1.29, 1.82) is 0 Å². The number of ether oxygens (including phenoxy) is 1. The average molecular weight is 331 g/mol. The number of nitrogens with one attached hydrogen (secondary N) is 2. The fraction of sp³-hybridized carbons (Fsp3) is 0.333. The van der Waals surface area contributed by atoms with Gasteiger partial charge in [-0.3, -0.25) is 4.79 Å². The molecule has 1 unspecified atom stereocenters. The molecule has 0 aliphatic heterocycles. The van der Waals surface area contributed by atoms with Crippen LogP contribution in [0.3, 0.4) is 0 Å². The molecule has 0 aromatic heterocycles. The van der Waals surface area contributed by atoms with Gasteiger partial charge in [-0.1, -0.05) is 15.9 Å². The Hall–Kier alpha value is -1.76. The molecule has 2 amide bonds. The van der Waals surface area contributed by atoms with Gasteiger partial charge in [0, 0.05) is 16.6 Å². The topological polar surface area (TPSA) is 87.7 Å². The van der Waals surface area contributed by atoms with E-state index in [9.17, 15) is 9.59 Å². The predicted octanol–water partition coefficient (Wildman–Crippen LogP) is 1.73. The highest BCUT2D eigenvalue weighted by Gasteiger charge is 2.13. The van der Waals surface area contributed by atoms with Crippen LogP contribution in [0.2, 0.25) is 0 Å². The summed E-state index contributed by atoms with van der Waals surface area (Å²) < 4.78 is 6.03. The van der Waals surface area contributed by atoms with Gasteiger partial charge in [0.1, 0.15) is 11.8 Å². The fourth-order valence-corrected chi connectivity index (χ4v) is 1.78. The van der Waals surface area contributed by atoms with Crippen LogP contribution in [0, 0.1) is 0 Å². The number of hydrogen-bond donors (Lipinski definition) is 3. The van der Waals surface area contributed by atoms with Crippen molar-refractivity contribution < 1.29 is 19.4 Å². The molecule has 6 nitrogen and oxygen atoms in total. The largest absolute Gasteiger partial charge is 0.496 e. The van der Waals surface area contributed by atoms with Gasteiger partial charge in [0.05, 0.1) is 7.11 Å². The van der Waals surface area contributed by atoms with Crippen LogP contribution in [-0.2, 0) is 11.3 Å². The SMILES string of the molecule is COc1ccc(Br)cc1CNC(=O)NC(C)C(=O)O. The van der Waals surface area contributed by atoms with E-state index in [1.165, 1.54) is 6.92 Å². The molecular formula is C12H15BrN2O4. The number of aliphatic carboxylic acids is 1. The number of urea groups is 1. The highest BCUT2D eigenvalue weighted by Crippen LogP contribution is 2.22. The van der Waals surface area contributed by atoms with E-state index in [-0.39, 0.29) is 6.54 Å². The normalized spacial score (nSPS) is 11.5. The Balaban J connectivity index is 2.59. The van der Waals surface area contributed by atoms with Gasteiger partial charge < -0.3 is 20.5 Å². The monoisotopic (exact) mass is 330 g/mol. The van der Waals surface area contributed by atoms with E-state index in [0.717, 1.165) is 10.0 Å². The van der Waals surface area contributed by atoms with Crippen molar-refractivity contribution in [3.05, 3.63) is 28.2 Å². The van der Waals surface area contributed by atoms with Gasteiger partial charge in [-0.15, -0.1) is 0 Å². The summed E-state index contributed by atoms with van der Waals surface area (Å²) in [5.74, 6) is -0.440. The Morgan fingerprint density at radius 2 is 2.16 bits per heavy atom. The predicted molar refractivity (Wildman–Crippen MR) is 73.2 cm³/mol. The minimum atomic E-state index is -1.09. The first-order chi connectivity index (χ1) is 8.93. The van der Waals surface area contributed by atoms with Gasteiger partial charge in [0.2, 0.25) is 0 Å². The second-order valence-electron chi connectivity index (χ2n) is 3.84. The molecule has 0 saturated heterocycles. The lowest BCUT2D eigenvalue weighted by Gasteiger charge is -2.12. The summed E-state index contributed by atoms with van der Waals surface area (Å²) in [5, 5.41) is 13.5. The number of benzene rings is 1. The van der Waals surface area contributed by atoms with Crippen molar-refractivity contribution in [3.8, 4) is 5.75 Å². The summed E-state index contributed by atoms with van der Waals surface area (Å²) >= 11 is 3.33. The summed E-state index contributed by atoms with van der Waals surface area (Å²) in [5.41, 5.74) is 0.787. The second kappa shape index (κ2) is 6.98. The lowest BCUT2D eigenvalue weighted by molar-refractivity contribution is -0.138. The maximum Gasteiger partial charge on any atom is 0.325 e. The number of carbonyl (C=O) groups is 2. The smallest absolute Gasteiger partial charge is 0.325 e. The van der Waals surface area contributed by atoms with Crippen LogP contribution in [0.15, 0.2) is 22.7 Å². The maximum atomic E-state index is 11.5. The molecule has 1 aromatic carbocycles. The Morgan fingerprint density at radius 1 is 1.47 bits per heavy atom. The van der Waals surface area contributed by atoms with Crippen LogP contribution in [0.5, 0.6) is 5.75 Å². The fourth-order valence-electron chi connectivity index (χ4n) is 1.37. The molecule has 0 bridgehead atoms. The third kappa shape index (κ3) is 4.78. The highest BCUT2D eigenvalue weighted by molar-refractivity contribution is 9.10. The number of methoxy groups -OCH3 is 1. The first-order valence-electron chi connectivity index (χ1n) is 5.53. The van der Waals surface area contributed by atoms with Crippen LogP contribution in [0.1, 0.15) is 12.5 Å². The minimum Gasteiger partial charge on any atom is -0.496 e. The molecule has 7 heteroatoms. The van der Waals surface area contributed by atoms with Crippen molar-refractivity contribution in [2.75, 3.05) is 7.11 Å². The van der Waals surface area contributed by atoms with E-state index in [1.54, 1.807) is 13.2 Å². The number of carboxylic acids is 1. The van der Waals surface area contributed by atoms with E-state index < -0.39 is 18.0 Å². The number of carbonyl (C=O) groups excluding carboxylic acids is 1. The Morgan fingerprint density at radius 3 is 2.74 bits per heavy atom. The van der Waals surface area contributed by atoms with E-state index in [1.807, 2.05) is 12.1 Å². The van der Waals surface area contributed by atoms with Gasteiger partial charge in [-0.05, 0) is 25.1 Å². The number of carboxylic acid groups (broad SMARTS) is 1. The Kier molecular flexibility index (Phi) is 5.62. The summed E-state index contributed by atoms with van der Waals surface area (Å²) in [6, 6.07) is 3.94. The van der Waals surface area contributed by atoms with Crippen molar-refractivity contribution >= 4 is 27.9 Å². The van der Waals surface area contributed by atoms with Crippen LogP contribution in [-0.4, -0.2) is 30.3 Å². The van der Waals surface area contributed by atoms with Crippen LogP contribution >= 0.6 is 15.9 Å². The maximum absolute atomic E-state index is 11.5. The van der Waals surface area contributed by atoms with Crippen molar-refractivity contribution in [3.63, 3.8) is 0 Å². The molecule has 0 fully saturated rings. The van der Waals surface area contributed by atoms with Crippen molar-refractivity contribution in [2.24, 2.45) is 0 Å². The van der Waals surface area contributed by atoms with Gasteiger partial charge in [-0.25, -0.2) is 4.79 Å². The minimum absolute atomic E-state index is 0.237. The summed E-state index contributed by atoms with van der Waals surface area (Å²) in [7, 11) is 1.54. The zero-order valence-corrected chi connectivity index (χ0v) is 12.2. The molecule has 0 aliphatic rings. The second-order valence-corrected chi connectivity index (χ2v) is 4.76. The third-order valence-corrected chi connectivity index (χ3v) is 2.89.